The van der Waals surface area contributed by atoms with E-state index in [0.717, 1.165) is 19.3 Å². The van der Waals surface area contributed by atoms with Crippen LogP contribution in [-0.2, 0) is 0 Å². The lowest BCUT2D eigenvalue weighted by Gasteiger charge is -2.11. The fourth-order valence-corrected chi connectivity index (χ4v) is 1.88. The van der Waals surface area contributed by atoms with E-state index in [0.29, 0.717) is 5.92 Å². The van der Waals surface area contributed by atoms with E-state index in [-0.39, 0.29) is 11.3 Å². The van der Waals surface area contributed by atoms with Gasteiger partial charge >= 0.3 is 0 Å². The Hall–Kier alpha value is -2.10. The Morgan fingerprint density at radius 1 is 1.39 bits per heavy atom. The first-order valence-electron chi connectivity index (χ1n) is 6.04. The molecule has 1 aromatic carbocycles. The van der Waals surface area contributed by atoms with Crippen molar-refractivity contribution in [3.05, 3.63) is 42.0 Å². The lowest BCUT2D eigenvalue weighted by atomic mass is 9.96. The lowest BCUT2D eigenvalue weighted by molar-refractivity contribution is 0.0952. The largest absolute Gasteiger partial charge is 0.507 e. The number of nitrogens with one attached hydrogen (secondary N) is 1. The molecule has 1 amide bonds. The van der Waals surface area contributed by atoms with Crippen LogP contribution in [0.15, 0.2) is 41.5 Å². The van der Waals surface area contributed by atoms with E-state index in [2.05, 4.69) is 22.7 Å². The number of phenols is 1. The third-order valence-electron chi connectivity index (χ3n) is 2.91. The van der Waals surface area contributed by atoms with Crippen LogP contribution in [0.2, 0.25) is 0 Å². The van der Waals surface area contributed by atoms with Crippen LogP contribution in [0.3, 0.4) is 0 Å². The molecule has 0 bridgehead atoms. The van der Waals surface area contributed by atoms with Crippen molar-refractivity contribution >= 4 is 12.1 Å². The minimum absolute atomic E-state index is 0.0363. The Labute approximate surface area is 106 Å². The molecule has 0 spiro atoms. The lowest BCUT2D eigenvalue weighted by Crippen LogP contribution is -2.18. The molecule has 2 N–H and O–H groups in total. The van der Waals surface area contributed by atoms with E-state index in [9.17, 15) is 9.90 Å². The average molecular weight is 244 g/mol. The Kier molecular flexibility index (Phi) is 4.12. The van der Waals surface area contributed by atoms with E-state index >= 15 is 0 Å². The molecule has 1 aliphatic rings. The minimum atomic E-state index is -0.393. The van der Waals surface area contributed by atoms with Gasteiger partial charge in [0.15, 0.2) is 0 Å². The van der Waals surface area contributed by atoms with Gasteiger partial charge in [0.25, 0.3) is 5.91 Å². The number of rotatable bonds is 3. The van der Waals surface area contributed by atoms with Gasteiger partial charge < -0.3 is 5.11 Å². The summed E-state index contributed by atoms with van der Waals surface area (Å²) in [5.41, 5.74) is 2.67. The van der Waals surface area contributed by atoms with E-state index in [1.807, 2.05) is 0 Å². The molecule has 2 rings (SSSR count). The summed E-state index contributed by atoms with van der Waals surface area (Å²) < 4.78 is 0. The van der Waals surface area contributed by atoms with Crippen molar-refractivity contribution in [3.63, 3.8) is 0 Å². The van der Waals surface area contributed by atoms with Gasteiger partial charge in [0.05, 0.1) is 5.56 Å². The van der Waals surface area contributed by atoms with Crippen molar-refractivity contribution in [1.29, 1.82) is 0 Å². The fourth-order valence-electron chi connectivity index (χ4n) is 1.88. The number of benzene rings is 1. The zero-order chi connectivity index (χ0) is 12.8. The summed E-state index contributed by atoms with van der Waals surface area (Å²) in [4.78, 5) is 11.7. The van der Waals surface area contributed by atoms with E-state index < -0.39 is 5.91 Å². The van der Waals surface area contributed by atoms with Crippen LogP contribution < -0.4 is 5.43 Å². The van der Waals surface area contributed by atoms with Crippen LogP contribution in [0.4, 0.5) is 0 Å². The number of hydrazone groups is 1. The number of hydrogen-bond acceptors (Lipinski definition) is 3. The molecular weight excluding hydrogens is 228 g/mol. The topological polar surface area (TPSA) is 61.7 Å². The number of para-hydroxylation sites is 1. The van der Waals surface area contributed by atoms with Crippen molar-refractivity contribution in [2.75, 3.05) is 0 Å². The van der Waals surface area contributed by atoms with Crippen molar-refractivity contribution in [1.82, 2.24) is 5.43 Å². The van der Waals surface area contributed by atoms with Gasteiger partial charge in [0.2, 0.25) is 0 Å². The standard InChI is InChI=1S/C14H16N2O2/c17-13-9-5-4-8-12(13)14(18)16-15-10-11-6-2-1-3-7-11/h1-2,4-5,8-11,17H,3,6-7H2,(H,16,18)/b15-10-/t11-/m1/s1. The quantitative estimate of drug-likeness (QED) is 0.487. The number of aromatic hydroxyl groups is 1. The summed E-state index contributed by atoms with van der Waals surface area (Å²) in [6.45, 7) is 0. The van der Waals surface area contributed by atoms with Crippen molar-refractivity contribution in [3.8, 4) is 5.75 Å². The third-order valence-corrected chi connectivity index (χ3v) is 2.91. The Balaban J connectivity index is 1.90. The number of phenolic OH excluding ortho intramolecular Hbond substituents is 1. The van der Waals surface area contributed by atoms with Crippen LogP contribution in [0.25, 0.3) is 0 Å². The van der Waals surface area contributed by atoms with E-state index in [4.69, 9.17) is 0 Å². The highest BCUT2D eigenvalue weighted by molar-refractivity contribution is 5.96. The monoisotopic (exact) mass is 244 g/mol. The number of carbonyl (C=O) groups excluding carboxylic acids is 1. The average Bonchev–Trinajstić information content (AvgIpc) is 2.40. The zero-order valence-corrected chi connectivity index (χ0v) is 10.0. The zero-order valence-electron chi connectivity index (χ0n) is 10.0. The molecule has 94 valence electrons. The highest BCUT2D eigenvalue weighted by atomic mass is 16.3. The van der Waals surface area contributed by atoms with Crippen molar-refractivity contribution in [2.45, 2.75) is 19.3 Å². The van der Waals surface area contributed by atoms with Crippen LogP contribution in [0.5, 0.6) is 5.75 Å². The maximum Gasteiger partial charge on any atom is 0.275 e. The molecule has 0 saturated carbocycles. The first kappa shape index (κ1) is 12.4. The fraction of sp³-hybridized carbons (Fsp3) is 0.286. The van der Waals surface area contributed by atoms with Crippen LogP contribution in [-0.4, -0.2) is 17.2 Å². The molecule has 0 heterocycles. The summed E-state index contributed by atoms with van der Waals surface area (Å²) in [5.74, 6) is -0.0406. The number of nitrogens with zero attached hydrogens (tertiary/aromatic N) is 1. The van der Waals surface area contributed by atoms with Crippen LogP contribution >= 0.6 is 0 Å². The number of carbonyl (C=O) groups is 1. The molecule has 0 radical (unpaired) electrons. The minimum Gasteiger partial charge on any atom is -0.507 e. The van der Waals surface area contributed by atoms with Gasteiger partial charge in [-0.15, -0.1) is 0 Å². The highest BCUT2D eigenvalue weighted by Crippen LogP contribution is 2.16. The molecule has 0 aliphatic heterocycles. The number of hydrogen-bond donors (Lipinski definition) is 2. The second-order valence-corrected chi connectivity index (χ2v) is 4.28. The van der Waals surface area contributed by atoms with Crippen molar-refractivity contribution < 1.29 is 9.90 Å². The van der Waals surface area contributed by atoms with Crippen LogP contribution in [0.1, 0.15) is 29.6 Å². The molecule has 0 saturated heterocycles. The summed E-state index contributed by atoms with van der Waals surface area (Å²) in [6, 6.07) is 6.40. The van der Waals surface area contributed by atoms with E-state index in [1.165, 1.54) is 6.07 Å². The first-order valence-corrected chi connectivity index (χ1v) is 6.04. The summed E-state index contributed by atoms with van der Waals surface area (Å²) >= 11 is 0. The molecule has 0 fully saturated rings. The molecule has 18 heavy (non-hydrogen) atoms. The maximum absolute atomic E-state index is 11.7. The molecule has 1 aromatic rings. The summed E-state index contributed by atoms with van der Waals surface area (Å²) in [5, 5.41) is 13.5. The maximum atomic E-state index is 11.7. The molecule has 4 nitrogen and oxygen atoms in total. The Morgan fingerprint density at radius 3 is 2.94 bits per heavy atom. The summed E-state index contributed by atoms with van der Waals surface area (Å²) in [7, 11) is 0. The van der Waals surface area contributed by atoms with E-state index in [1.54, 1.807) is 24.4 Å². The van der Waals surface area contributed by atoms with Gasteiger partial charge in [0.1, 0.15) is 5.75 Å². The molecule has 0 unspecified atom stereocenters. The summed E-state index contributed by atoms with van der Waals surface area (Å²) in [6.07, 6.45) is 9.14. The normalized spacial score (nSPS) is 19.0. The Bertz CT molecular complexity index is 480. The van der Waals surface area contributed by atoms with Gasteiger partial charge in [0, 0.05) is 6.21 Å². The van der Waals surface area contributed by atoms with Gasteiger partial charge in [-0.05, 0) is 37.3 Å². The van der Waals surface area contributed by atoms with Gasteiger partial charge in [-0.25, -0.2) is 5.43 Å². The number of allylic oxidation sites excluding steroid dienone is 2. The van der Waals surface area contributed by atoms with Gasteiger partial charge in [-0.3, -0.25) is 4.79 Å². The van der Waals surface area contributed by atoms with Gasteiger partial charge in [-0.1, -0.05) is 24.3 Å². The molecular formula is C14H16N2O2. The predicted molar refractivity (Wildman–Crippen MR) is 70.5 cm³/mol. The first-order chi connectivity index (χ1) is 8.77. The Morgan fingerprint density at radius 2 is 2.22 bits per heavy atom. The second kappa shape index (κ2) is 6.00. The smallest absolute Gasteiger partial charge is 0.275 e. The highest BCUT2D eigenvalue weighted by Gasteiger charge is 2.10. The van der Waals surface area contributed by atoms with Crippen molar-refractivity contribution in [2.24, 2.45) is 11.0 Å². The molecule has 1 atom stereocenters. The van der Waals surface area contributed by atoms with Gasteiger partial charge in [-0.2, -0.15) is 5.10 Å². The third kappa shape index (κ3) is 3.20. The number of amides is 1. The van der Waals surface area contributed by atoms with Crippen LogP contribution in [0, 0.1) is 5.92 Å². The molecule has 0 aromatic heterocycles. The molecule has 4 heteroatoms. The second-order valence-electron chi connectivity index (χ2n) is 4.28. The molecule has 1 aliphatic carbocycles. The predicted octanol–water partition coefficient (Wildman–Crippen LogP) is 2.46. The SMILES string of the molecule is O=C(N/N=C\[C@@H]1CC=CCC1)c1ccccc1O.